The number of carboxylic acid groups (broad SMARTS) is 1. The lowest BCUT2D eigenvalue weighted by Crippen LogP contribution is -2.13. The summed E-state index contributed by atoms with van der Waals surface area (Å²) in [7, 11) is 0. The third-order valence-corrected chi connectivity index (χ3v) is 3.00. The molecular formula is C11H8N2O4S. The lowest BCUT2D eigenvalue weighted by atomic mass is 10.2. The Labute approximate surface area is 106 Å². The topological polar surface area (TPSA) is 99.5 Å². The van der Waals surface area contributed by atoms with E-state index in [1.54, 1.807) is 5.38 Å². The average molecular weight is 264 g/mol. The number of pyridine rings is 1. The Kier molecular flexibility index (Phi) is 3.24. The predicted molar refractivity (Wildman–Crippen MR) is 65.1 cm³/mol. The van der Waals surface area contributed by atoms with Gasteiger partial charge in [0.15, 0.2) is 0 Å². The molecule has 92 valence electrons. The van der Waals surface area contributed by atoms with E-state index in [2.05, 4.69) is 10.3 Å². The van der Waals surface area contributed by atoms with E-state index in [4.69, 9.17) is 5.11 Å². The van der Waals surface area contributed by atoms with Crippen LogP contribution in [0.5, 0.6) is 5.75 Å². The van der Waals surface area contributed by atoms with Crippen LogP contribution in [-0.2, 0) is 0 Å². The van der Waals surface area contributed by atoms with Gasteiger partial charge in [0.1, 0.15) is 10.8 Å². The van der Waals surface area contributed by atoms with Gasteiger partial charge in [0, 0.05) is 6.20 Å². The lowest BCUT2D eigenvalue weighted by molar-refractivity contribution is 0.0698. The molecule has 0 aliphatic heterocycles. The highest BCUT2D eigenvalue weighted by Gasteiger charge is 2.16. The maximum atomic E-state index is 11.8. The smallest absolute Gasteiger partial charge is 0.338 e. The Balaban J connectivity index is 2.25. The first-order valence-electron chi connectivity index (χ1n) is 4.84. The molecule has 0 unspecified atom stereocenters. The van der Waals surface area contributed by atoms with E-state index in [-0.39, 0.29) is 21.9 Å². The number of thiophene rings is 1. The van der Waals surface area contributed by atoms with E-state index in [1.807, 2.05) is 0 Å². The molecule has 2 aromatic rings. The zero-order chi connectivity index (χ0) is 13.1. The molecule has 0 saturated heterocycles. The van der Waals surface area contributed by atoms with E-state index in [0.29, 0.717) is 0 Å². The van der Waals surface area contributed by atoms with Gasteiger partial charge in [0.05, 0.1) is 17.3 Å². The molecule has 7 heteroatoms. The molecule has 0 aliphatic carbocycles. The number of anilines is 1. The number of carboxylic acids is 1. The average Bonchev–Trinajstić information content (AvgIpc) is 2.77. The number of carbonyl (C=O) groups excluding carboxylic acids is 1. The van der Waals surface area contributed by atoms with Gasteiger partial charge in [-0.25, -0.2) is 4.79 Å². The molecule has 2 rings (SSSR count). The van der Waals surface area contributed by atoms with Crippen LogP contribution in [-0.4, -0.2) is 27.1 Å². The van der Waals surface area contributed by atoms with Crippen molar-refractivity contribution < 1.29 is 19.8 Å². The minimum atomic E-state index is -1.12. The summed E-state index contributed by atoms with van der Waals surface area (Å²) in [6.45, 7) is 0. The first-order valence-corrected chi connectivity index (χ1v) is 5.72. The van der Waals surface area contributed by atoms with Gasteiger partial charge in [-0.3, -0.25) is 9.78 Å². The number of rotatable bonds is 3. The number of hydrogen-bond acceptors (Lipinski definition) is 5. The maximum absolute atomic E-state index is 11.8. The monoisotopic (exact) mass is 264 g/mol. The number of amides is 1. The molecule has 18 heavy (non-hydrogen) atoms. The minimum absolute atomic E-state index is 0.0156. The first-order chi connectivity index (χ1) is 8.59. The van der Waals surface area contributed by atoms with Crippen molar-refractivity contribution in [3.05, 3.63) is 41.0 Å². The highest BCUT2D eigenvalue weighted by molar-refractivity contribution is 7.14. The Bertz CT molecular complexity index is 609. The van der Waals surface area contributed by atoms with Crippen LogP contribution in [0.2, 0.25) is 0 Å². The Hall–Kier alpha value is -2.41. The van der Waals surface area contributed by atoms with Crippen molar-refractivity contribution in [1.29, 1.82) is 0 Å². The van der Waals surface area contributed by atoms with Gasteiger partial charge in [0.25, 0.3) is 5.91 Å². The molecule has 1 amide bonds. The number of carbonyl (C=O) groups is 2. The summed E-state index contributed by atoms with van der Waals surface area (Å²) in [6, 6.07) is 2.74. The van der Waals surface area contributed by atoms with Gasteiger partial charge in [-0.1, -0.05) is 0 Å². The molecule has 0 fully saturated rings. The van der Waals surface area contributed by atoms with Crippen LogP contribution in [0.15, 0.2) is 29.9 Å². The largest absolute Gasteiger partial charge is 0.505 e. The highest BCUT2D eigenvalue weighted by Crippen LogP contribution is 2.25. The Morgan fingerprint density at radius 3 is 2.72 bits per heavy atom. The molecule has 0 radical (unpaired) electrons. The summed E-state index contributed by atoms with van der Waals surface area (Å²) >= 11 is 1.10. The zero-order valence-corrected chi connectivity index (χ0v) is 9.77. The maximum Gasteiger partial charge on any atom is 0.338 e. The molecule has 2 aromatic heterocycles. The van der Waals surface area contributed by atoms with Gasteiger partial charge < -0.3 is 15.5 Å². The molecule has 0 bridgehead atoms. The third kappa shape index (κ3) is 2.30. The van der Waals surface area contributed by atoms with Gasteiger partial charge in [-0.2, -0.15) is 0 Å². The minimum Gasteiger partial charge on any atom is -0.505 e. The molecule has 0 spiro atoms. The predicted octanol–water partition coefficient (Wildman–Crippen LogP) is 1.80. The fourth-order valence-corrected chi connectivity index (χ4v) is 2.10. The van der Waals surface area contributed by atoms with E-state index < -0.39 is 11.9 Å². The first kappa shape index (κ1) is 12.1. The summed E-state index contributed by atoms with van der Waals surface area (Å²) in [5.41, 5.74) is 0.0524. The lowest BCUT2D eigenvalue weighted by Gasteiger charge is -2.05. The van der Waals surface area contributed by atoms with Crippen molar-refractivity contribution in [2.45, 2.75) is 0 Å². The van der Waals surface area contributed by atoms with Gasteiger partial charge in [0.2, 0.25) is 0 Å². The zero-order valence-electron chi connectivity index (χ0n) is 8.95. The Morgan fingerprint density at radius 2 is 2.06 bits per heavy atom. The molecule has 3 N–H and O–H groups in total. The van der Waals surface area contributed by atoms with Gasteiger partial charge >= 0.3 is 5.97 Å². The van der Waals surface area contributed by atoms with E-state index >= 15 is 0 Å². The molecule has 0 saturated carbocycles. The second kappa shape index (κ2) is 4.84. The van der Waals surface area contributed by atoms with Crippen LogP contribution in [0, 0.1) is 0 Å². The number of aromatic hydroxyl groups is 1. The fraction of sp³-hybridized carbons (Fsp3) is 0. The normalized spacial score (nSPS) is 10.0. The number of nitrogens with one attached hydrogen (secondary N) is 1. The standard InChI is InChI=1S/C11H8N2O4S/c14-8-5-12-3-1-6(8)9(15)13-10-7(11(16)17)2-4-18-10/h1-5,14H,(H,13,15)(H,16,17). The van der Waals surface area contributed by atoms with Crippen LogP contribution < -0.4 is 5.32 Å². The van der Waals surface area contributed by atoms with Crippen LogP contribution in [0.25, 0.3) is 0 Å². The van der Waals surface area contributed by atoms with Crippen molar-refractivity contribution in [3.63, 3.8) is 0 Å². The van der Waals surface area contributed by atoms with Crippen LogP contribution in [0.4, 0.5) is 5.00 Å². The second-order valence-corrected chi connectivity index (χ2v) is 4.23. The Morgan fingerprint density at radius 1 is 1.28 bits per heavy atom. The molecule has 2 heterocycles. The summed E-state index contributed by atoms with van der Waals surface area (Å²) in [5, 5.41) is 22.6. The van der Waals surface area contributed by atoms with Crippen molar-refractivity contribution in [1.82, 2.24) is 4.98 Å². The number of nitrogens with zero attached hydrogens (tertiary/aromatic N) is 1. The van der Waals surface area contributed by atoms with Crippen molar-refractivity contribution in [2.75, 3.05) is 5.32 Å². The van der Waals surface area contributed by atoms with Crippen LogP contribution >= 0.6 is 11.3 Å². The van der Waals surface area contributed by atoms with Gasteiger partial charge in [-0.15, -0.1) is 11.3 Å². The SMILES string of the molecule is O=C(Nc1sccc1C(=O)O)c1ccncc1O. The van der Waals surface area contributed by atoms with E-state index in [9.17, 15) is 14.7 Å². The van der Waals surface area contributed by atoms with Crippen LogP contribution in [0.1, 0.15) is 20.7 Å². The number of aromatic carboxylic acids is 1. The van der Waals surface area contributed by atoms with Crippen molar-refractivity contribution in [3.8, 4) is 5.75 Å². The van der Waals surface area contributed by atoms with E-state index in [1.165, 1.54) is 18.3 Å². The van der Waals surface area contributed by atoms with Crippen molar-refractivity contribution >= 4 is 28.2 Å². The second-order valence-electron chi connectivity index (χ2n) is 3.32. The van der Waals surface area contributed by atoms with Crippen molar-refractivity contribution in [2.24, 2.45) is 0 Å². The van der Waals surface area contributed by atoms with Crippen LogP contribution in [0.3, 0.4) is 0 Å². The summed E-state index contributed by atoms with van der Waals surface area (Å²) in [4.78, 5) is 26.3. The van der Waals surface area contributed by atoms with Gasteiger partial charge in [-0.05, 0) is 17.5 Å². The number of hydrogen-bond donors (Lipinski definition) is 3. The van der Waals surface area contributed by atoms with E-state index in [0.717, 1.165) is 17.5 Å². The quantitative estimate of drug-likeness (QED) is 0.785. The highest BCUT2D eigenvalue weighted by atomic mass is 32.1. The molecule has 0 atom stereocenters. The summed E-state index contributed by atoms with van der Waals surface area (Å²) in [6.07, 6.45) is 2.50. The molecule has 6 nitrogen and oxygen atoms in total. The number of aromatic nitrogens is 1. The molecule has 0 aromatic carbocycles. The summed E-state index contributed by atoms with van der Waals surface area (Å²) in [5.74, 6) is -1.96. The molecular weight excluding hydrogens is 256 g/mol. The molecule has 0 aliphatic rings. The fourth-order valence-electron chi connectivity index (χ4n) is 1.32. The summed E-state index contributed by atoms with van der Waals surface area (Å²) < 4.78 is 0. The third-order valence-electron chi connectivity index (χ3n) is 2.17.